The van der Waals surface area contributed by atoms with E-state index in [0.717, 1.165) is 12.8 Å². The molecule has 7 nitrogen and oxygen atoms in total. The predicted molar refractivity (Wildman–Crippen MR) is 79.4 cm³/mol. The van der Waals surface area contributed by atoms with Gasteiger partial charge in [0.2, 0.25) is 16.0 Å². The highest BCUT2D eigenvalue weighted by molar-refractivity contribution is 7.89. The first-order valence-corrected chi connectivity index (χ1v) is 8.72. The molecule has 0 amide bonds. The lowest BCUT2D eigenvalue weighted by molar-refractivity contribution is 0.264. The summed E-state index contributed by atoms with van der Waals surface area (Å²) in [6.07, 6.45) is 5.70. The summed E-state index contributed by atoms with van der Waals surface area (Å²) in [5, 5.41) is 11.9. The molecule has 1 aromatic heterocycles. The second-order valence-corrected chi connectivity index (χ2v) is 6.94. The van der Waals surface area contributed by atoms with E-state index in [4.69, 9.17) is 5.11 Å². The zero-order chi connectivity index (χ0) is 15.3. The normalized spacial score (nSPS) is 19.8. The van der Waals surface area contributed by atoms with E-state index >= 15 is 0 Å². The van der Waals surface area contributed by atoms with E-state index in [1.807, 2.05) is 6.92 Å². The van der Waals surface area contributed by atoms with Gasteiger partial charge < -0.3 is 10.4 Å². The van der Waals surface area contributed by atoms with Gasteiger partial charge in [-0.05, 0) is 32.6 Å². The van der Waals surface area contributed by atoms with Crippen LogP contribution in [0.15, 0.2) is 17.3 Å². The van der Waals surface area contributed by atoms with Crippen molar-refractivity contribution in [2.75, 3.05) is 25.0 Å². The molecule has 1 aliphatic heterocycles. The number of anilines is 1. The Labute approximate surface area is 125 Å². The van der Waals surface area contributed by atoms with Gasteiger partial charge >= 0.3 is 0 Å². The van der Waals surface area contributed by atoms with E-state index in [-0.39, 0.29) is 17.5 Å². The molecule has 21 heavy (non-hydrogen) atoms. The van der Waals surface area contributed by atoms with Crippen LogP contribution in [-0.2, 0) is 10.0 Å². The van der Waals surface area contributed by atoms with Crippen LogP contribution in [0.25, 0.3) is 0 Å². The number of hydrogen-bond donors (Lipinski definition) is 2. The SMILES string of the molecule is CCNc1ncc(S(=O)(=O)N2CCCC2CCCO)cn1. The Balaban J connectivity index is 2.16. The van der Waals surface area contributed by atoms with Gasteiger partial charge in [0.25, 0.3) is 0 Å². The fourth-order valence-electron chi connectivity index (χ4n) is 2.58. The van der Waals surface area contributed by atoms with E-state index in [9.17, 15) is 8.42 Å². The molecule has 0 radical (unpaired) electrons. The fourth-order valence-corrected chi connectivity index (χ4v) is 4.19. The number of nitrogens with zero attached hydrogens (tertiary/aromatic N) is 3. The van der Waals surface area contributed by atoms with Gasteiger partial charge in [-0.15, -0.1) is 0 Å². The fraction of sp³-hybridized carbons (Fsp3) is 0.692. The second kappa shape index (κ2) is 7.15. The first-order valence-electron chi connectivity index (χ1n) is 7.28. The summed E-state index contributed by atoms with van der Waals surface area (Å²) in [6, 6.07) is -0.0319. The van der Waals surface area contributed by atoms with Gasteiger partial charge in [-0.3, -0.25) is 0 Å². The highest BCUT2D eigenvalue weighted by Crippen LogP contribution is 2.28. The molecule has 0 aliphatic carbocycles. The van der Waals surface area contributed by atoms with E-state index in [2.05, 4.69) is 15.3 Å². The van der Waals surface area contributed by atoms with Crippen LogP contribution in [0, 0.1) is 0 Å². The zero-order valence-electron chi connectivity index (χ0n) is 12.2. The van der Waals surface area contributed by atoms with Crippen molar-refractivity contribution in [3.8, 4) is 0 Å². The van der Waals surface area contributed by atoms with Gasteiger partial charge in [0.05, 0.1) is 12.4 Å². The highest BCUT2D eigenvalue weighted by atomic mass is 32.2. The Morgan fingerprint density at radius 2 is 2.14 bits per heavy atom. The summed E-state index contributed by atoms with van der Waals surface area (Å²) in [5.74, 6) is 0.426. The summed E-state index contributed by atoms with van der Waals surface area (Å²) in [7, 11) is -3.55. The smallest absolute Gasteiger partial charge is 0.246 e. The Kier molecular flexibility index (Phi) is 5.49. The molecule has 2 heterocycles. The average molecular weight is 314 g/mol. The van der Waals surface area contributed by atoms with Crippen molar-refractivity contribution in [2.45, 2.75) is 43.5 Å². The Bertz CT molecular complexity index is 547. The van der Waals surface area contributed by atoms with Crippen LogP contribution in [0.2, 0.25) is 0 Å². The van der Waals surface area contributed by atoms with Gasteiger partial charge in [0.15, 0.2) is 0 Å². The first-order chi connectivity index (χ1) is 10.1. The number of nitrogens with one attached hydrogen (secondary N) is 1. The monoisotopic (exact) mass is 314 g/mol. The number of hydrogen-bond acceptors (Lipinski definition) is 6. The second-order valence-electron chi connectivity index (χ2n) is 5.05. The van der Waals surface area contributed by atoms with Crippen molar-refractivity contribution >= 4 is 16.0 Å². The molecule has 2 N–H and O–H groups in total. The third kappa shape index (κ3) is 3.69. The van der Waals surface area contributed by atoms with Crippen LogP contribution in [-0.4, -0.2) is 53.5 Å². The van der Waals surface area contributed by atoms with Gasteiger partial charge in [0.1, 0.15) is 4.90 Å². The summed E-state index contributed by atoms with van der Waals surface area (Å²) in [6.45, 7) is 3.21. The quantitative estimate of drug-likeness (QED) is 0.774. The van der Waals surface area contributed by atoms with Crippen LogP contribution < -0.4 is 5.32 Å². The van der Waals surface area contributed by atoms with Crippen molar-refractivity contribution in [3.63, 3.8) is 0 Å². The molecule has 1 fully saturated rings. The van der Waals surface area contributed by atoms with E-state index in [1.54, 1.807) is 0 Å². The van der Waals surface area contributed by atoms with Gasteiger partial charge in [-0.2, -0.15) is 4.31 Å². The minimum Gasteiger partial charge on any atom is -0.396 e. The minimum absolute atomic E-state index is 0.0319. The first kappa shape index (κ1) is 16.1. The number of sulfonamides is 1. The van der Waals surface area contributed by atoms with Crippen molar-refractivity contribution in [3.05, 3.63) is 12.4 Å². The van der Waals surface area contributed by atoms with E-state index in [1.165, 1.54) is 16.7 Å². The maximum absolute atomic E-state index is 12.6. The van der Waals surface area contributed by atoms with Crippen molar-refractivity contribution in [2.24, 2.45) is 0 Å². The number of aliphatic hydroxyl groups excluding tert-OH is 1. The summed E-state index contributed by atoms with van der Waals surface area (Å²) in [5.41, 5.74) is 0. The molecule has 2 rings (SSSR count). The van der Waals surface area contributed by atoms with Crippen LogP contribution in [0.1, 0.15) is 32.6 Å². The van der Waals surface area contributed by atoms with E-state index < -0.39 is 10.0 Å². The zero-order valence-corrected chi connectivity index (χ0v) is 13.0. The Morgan fingerprint density at radius 1 is 1.43 bits per heavy atom. The van der Waals surface area contributed by atoms with Crippen molar-refractivity contribution in [1.82, 2.24) is 14.3 Å². The average Bonchev–Trinajstić information content (AvgIpc) is 2.95. The van der Waals surface area contributed by atoms with Crippen LogP contribution in [0.5, 0.6) is 0 Å². The number of rotatable bonds is 7. The predicted octanol–water partition coefficient (Wildman–Crippen LogP) is 0.834. The van der Waals surface area contributed by atoms with Crippen LogP contribution in [0.4, 0.5) is 5.95 Å². The standard InChI is InChI=1S/C13H22N4O3S/c1-2-14-13-15-9-12(10-16-13)21(19,20)17-7-3-5-11(17)6-4-8-18/h9-11,18H,2-8H2,1H3,(H,14,15,16). The number of aromatic nitrogens is 2. The molecular formula is C13H22N4O3S. The van der Waals surface area contributed by atoms with Crippen molar-refractivity contribution < 1.29 is 13.5 Å². The van der Waals surface area contributed by atoms with Crippen molar-refractivity contribution in [1.29, 1.82) is 0 Å². The molecule has 0 aromatic carbocycles. The molecule has 1 aliphatic rings. The lowest BCUT2D eigenvalue weighted by Crippen LogP contribution is -2.35. The molecule has 118 valence electrons. The molecule has 1 saturated heterocycles. The maximum Gasteiger partial charge on any atom is 0.246 e. The third-order valence-electron chi connectivity index (χ3n) is 3.59. The lowest BCUT2D eigenvalue weighted by Gasteiger charge is -2.23. The Morgan fingerprint density at radius 3 is 2.76 bits per heavy atom. The van der Waals surface area contributed by atoms with Gasteiger partial charge in [-0.25, -0.2) is 18.4 Å². The molecule has 0 bridgehead atoms. The molecule has 8 heteroatoms. The summed E-state index contributed by atoms with van der Waals surface area (Å²) < 4.78 is 26.8. The summed E-state index contributed by atoms with van der Waals surface area (Å²) >= 11 is 0. The van der Waals surface area contributed by atoms with Gasteiger partial charge in [-0.1, -0.05) is 0 Å². The molecule has 1 atom stereocenters. The lowest BCUT2D eigenvalue weighted by atomic mass is 10.1. The topological polar surface area (TPSA) is 95.4 Å². The third-order valence-corrected chi connectivity index (χ3v) is 5.49. The minimum atomic E-state index is -3.55. The molecule has 1 unspecified atom stereocenters. The maximum atomic E-state index is 12.6. The van der Waals surface area contributed by atoms with Crippen LogP contribution in [0.3, 0.4) is 0 Å². The molecule has 1 aromatic rings. The molecular weight excluding hydrogens is 292 g/mol. The summed E-state index contributed by atoms with van der Waals surface area (Å²) in [4.78, 5) is 8.18. The van der Waals surface area contributed by atoms with Gasteiger partial charge in [0, 0.05) is 25.7 Å². The van der Waals surface area contributed by atoms with Crippen LogP contribution >= 0.6 is 0 Å². The van der Waals surface area contributed by atoms with E-state index in [0.29, 0.717) is 31.9 Å². The number of aliphatic hydroxyl groups is 1. The molecule has 0 spiro atoms. The highest BCUT2D eigenvalue weighted by Gasteiger charge is 2.35. The Hall–Kier alpha value is -1.25. The molecule has 0 saturated carbocycles. The largest absolute Gasteiger partial charge is 0.396 e.